The zero-order chi connectivity index (χ0) is 20.7. The topological polar surface area (TPSA) is 87.3 Å². The van der Waals surface area contributed by atoms with Crippen LogP contribution < -0.4 is 10.6 Å². The number of carbonyl (C=O) groups excluding carboxylic acids is 1. The van der Waals surface area contributed by atoms with Gasteiger partial charge < -0.3 is 25.2 Å². The summed E-state index contributed by atoms with van der Waals surface area (Å²) < 4.78 is 5.42. The van der Waals surface area contributed by atoms with E-state index in [4.69, 9.17) is 10.5 Å². The van der Waals surface area contributed by atoms with Gasteiger partial charge in [0.2, 0.25) is 0 Å². The Bertz CT molecular complexity index is 663. The molecule has 0 spiro atoms. The summed E-state index contributed by atoms with van der Waals surface area (Å²) in [6.45, 7) is 14.6. The second-order valence-corrected chi connectivity index (χ2v) is 7.83. The van der Waals surface area contributed by atoms with Crippen LogP contribution in [0.15, 0.2) is 23.3 Å². The fourth-order valence-electron chi connectivity index (χ4n) is 2.96. The van der Waals surface area contributed by atoms with E-state index in [0.29, 0.717) is 38.7 Å². The number of aromatic nitrogens is 1. The zero-order valence-electron chi connectivity index (χ0n) is 18.2. The van der Waals surface area contributed by atoms with Crippen LogP contribution in [0.25, 0.3) is 0 Å². The third-order valence-electron chi connectivity index (χ3n) is 4.58. The molecule has 1 fully saturated rings. The van der Waals surface area contributed by atoms with Crippen LogP contribution in [-0.2, 0) is 11.3 Å². The Morgan fingerprint density at radius 1 is 1.17 bits per heavy atom. The van der Waals surface area contributed by atoms with Gasteiger partial charge in [-0.15, -0.1) is 24.0 Å². The molecule has 8 nitrogen and oxygen atoms in total. The number of pyridine rings is 1. The summed E-state index contributed by atoms with van der Waals surface area (Å²) in [5.41, 5.74) is 6.69. The van der Waals surface area contributed by atoms with Gasteiger partial charge in [-0.2, -0.15) is 0 Å². The molecular formula is C20H35IN6O2. The molecule has 1 aliphatic heterocycles. The van der Waals surface area contributed by atoms with Gasteiger partial charge in [-0.25, -0.2) is 14.8 Å². The largest absolute Gasteiger partial charge is 0.444 e. The number of aliphatic imine (C=N–C) groups is 1. The Balaban J connectivity index is 0.00000420. The molecule has 0 bridgehead atoms. The van der Waals surface area contributed by atoms with Crippen LogP contribution in [-0.4, -0.2) is 71.7 Å². The molecule has 0 aromatic carbocycles. The highest BCUT2D eigenvalue weighted by Crippen LogP contribution is 2.13. The number of carbonyl (C=O) groups is 1. The van der Waals surface area contributed by atoms with E-state index in [0.717, 1.165) is 24.5 Å². The maximum atomic E-state index is 12.1. The Morgan fingerprint density at radius 2 is 1.76 bits per heavy atom. The van der Waals surface area contributed by atoms with Crippen molar-refractivity contribution in [2.75, 3.05) is 44.2 Å². The summed E-state index contributed by atoms with van der Waals surface area (Å²) in [4.78, 5) is 27.1. The first-order chi connectivity index (χ1) is 13.2. The van der Waals surface area contributed by atoms with Gasteiger partial charge in [0, 0.05) is 45.5 Å². The minimum atomic E-state index is -0.483. The van der Waals surface area contributed by atoms with E-state index < -0.39 is 5.60 Å². The predicted molar refractivity (Wildman–Crippen MR) is 128 cm³/mol. The maximum absolute atomic E-state index is 12.1. The molecule has 0 aliphatic carbocycles. The van der Waals surface area contributed by atoms with Gasteiger partial charge in [0.25, 0.3) is 0 Å². The quantitative estimate of drug-likeness (QED) is 0.367. The standard InChI is InChI=1S/C20H34N6O2.HI/c1-6-24(7-2)17-9-8-16(14-22-17)15-23-18(21)25-10-12-26(13-11-25)19(27)28-20(3,4)5;/h8-9,14H,6-7,10-13,15H2,1-5H3,(H2,21,23);1H. The number of anilines is 1. The first kappa shape index (κ1) is 25.3. The average molecular weight is 518 g/mol. The Kier molecular flexibility index (Phi) is 9.94. The van der Waals surface area contributed by atoms with E-state index in [1.165, 1.54) is 0 Å². The molecule has 29 heavy (non-hydrogen) atoms. The van der Waals surface area contributed by atoms with Gasteiger partial charge in [-0.05, 0) is 46.2 Å². The molecule has 2 N–H and O–H groups in total. The van der Waals surface area contributed by atoms with E-state index in [9.17, 15) is 4.79 Å². The lowest BCUT2D eigenvalue weighted by atomic mass is 10.2. The minimum Gasteiger partial charge on any atom is -0.444 e. The van der Waals surface area contributed by atoms with Crippen LogP contribution in [0.2, 0.25) is 0 Å². The van der Waals surface area contributed by atoms with Crippen LogP contribution in [0.3, 0.4) is 0 Å². The molecule has 1 amide bonds. The van der Waals surface area contributed by atoms with Gasteiger partial charge in [0.1, 0.15) is 11.4 Å². The normalized spacial score (nSPS) is 15.0. The number of rotatable bonds is 5. The van der Waals surface area contributed by atoms with Crippen molar-refractivity contribution >= 4 is 41.8 Å². The van der Waals surface area contributed by atoms with Gasteiger partial charge in [-0.3, -0.25) is 0 Å². The number of piperazine rings is 1. The van der Waals surface area contributed by atoms with E-state index in [1.807, 2.05) is 44.0 Å². The second-order valence-electron chi connectivity index (χ2n) is 7.83. The molecule has 1 saturated heterocycles. The van der Waals surface area contributed by atoms with Crippen molar-refractivity contribution in [1.29, 1.82) is 0 Å². The predicted octanol–water partition coefficient (Wildman–Crippen LogP) is 2.91. The minimum absolute atomic E-state index is 0. The number of amides is 1. The average Bonchev–Trinajstić information content (AvgIpc) is 2.67. The lowest BCUT2D eigenvalue weighted by Crippen LogP contribution is -2.53. The lowest BCUT2D eigenvalue weighted by molar-refractivity contribution is 0.0186. The third-order valence-corrected chi connectivity index (χ3v) is 4.58. The zero-order valence-corrected chi connectivity index (χ0v) is 20.6. The molecule has 0 unspecified atom stereocenters. The monoisotopic (exact) mass is 518 g/mol. The number of halogens is 1. The highest BCUT2D eigenvalue weighted by atomic mass is 127. The van der Waals surface area contributed by atoms with Crippen LogP contribution in [0.1, 0.15) is 40.2 Å². The van der Waals surface area contributed by atoms with Crippen molar-refractivity contribution < 1.29 is 9.53 Å². The highest BCUT2D eigenvalue weighted by molar-refractivity contribution is 14.0. The molecule has 9 heteroatoms. The highest BCUT2D eigenvalue weighted by Gasteiger charge is 2.26. The molecule has 2 heterocycles. The van der Waals surface area contributed by atoms with E-state index in [2.05, 4.69) is 28.7 Å². The number of nitrogens with two attached hydrogens (primary N) is 1. The molecule has 1 aromatic rings. The first-order valence-electron chi connectivity index (χ1n) is 9.96. The van der Waals surface area contributed by atoms with Crippen molar-refractivity contribution in [3.63, 3.8) is 0 Å². The van der Waals surface area contributed by atoms with E-state index in [-0.39, 0.29) is 30.1 Å². The van der Waals surface area contributed by atoms with Crippen molar-refractivity contribution in [1.82, 2.24) is 14.8 Å². The summed E-state index contributed by atoms with van der Waals surface area (Å²) in [5.74, 6) is 1.47. The fourth-order valence-corrected chi connectivity index (χ4v) is 2.96. The molecule has 1 aromatic heterocycles. The SMILES string of the molecule is CCN(CC)c1ccc(CN=C(N)N2CCN(C(=O)OC(C)(C)C)CC2)cn1.I. The Morgan fingerprint density at radius 3 is 2.24 bits per heavy atom. The van der Waals surface area contributed by atoms with Crippen molar-refractivity contribution in [3.05, 3.63) is 23.9 Å². The Hall–Kier alpha value is -1.78. The summed E-state index contributed by atoms with van der Waals surface area (Å²) in [5, 5.41) is 0. The molecule has 1 aliphatic rings. The number of nitrogens with zero attached hydrogens (tertiary/aromatic N) is 5. The summed E-state index contributed by atoms with van der Waals surface area (Å²) in [6.07, 6.45) is 1.58. The number of hydrogen-bond acceptors (Lipinski definition) is 5. The fraction of sp³-hybridized carbons (Fsp3) is 0.650. The number of ether oxygens (including phenoxy) is 1. The molecule has 164 valence electrons. The molecule has 2 rings (SSSR count). The molecule has 0 radical (unpaired) electrons. The first-order valence-corrected chi connectivity index (χ1v) is 9.96. The van der Waals surface area contributed by atoms with Gasteiger partial charge in [-0.1, -0.05) is 6.07 Å². The number of guanidine groups is 1. The van der Waals surface area contributed by atoms with Gasteiger partial charge in [0.15, 0.2) is 5.96 Å². The van der Waals surface area contributed by atoms with Crippen molar-refractivity contribution in [2.24, 2.45) is 10.7 Å². The summed E-state index contributed by atoms with van der Waals surface area (Å²) in [7, 11) is 0. The van der Waals surface area contributed by atoms with Crippen LogP contribution in [0, 0.1) is 0 Å². The summed E-state index contributed by atoms with van der Waals surface area (Å²) in [6, 6.07) is 4.06. The maximum Gasteiger partial charge on any atom is 0.410 e. The van der Waals surface area contributed by atoms with Gasteiger partial charge >= 0.3 is 6.09 Å². The van der Waals surface area contributed by atoms with E-state index in [1.54, 1.807) is 4.90 Å². The van der Waals surface area contributed by atoms with Crippen molar-refractivity contribution in [3.8, 4) is 0 Å². The van der Waals surface area contributed by atoms with Crippen LogP contribution in [0.4, 0.5) is 10.6 Å². The van der Waals surface area contributed by atoms with E-state index >= 15 is 0 Å². The smallest absolute Gasteiger partial charge is 0.410 e. The van der Waals surface area contributed by atoms with Crippen molar-refractivity contribution in [2.45, 2.75) is 46.8 Å². The van der Waals surface area contributed by atoms with Crippen LogP contribution >= 0.6 is 24.0 Å². The molecule has 0 atom stereocenters. The Labute approximate surface area is 191 Å². The van der Waals surface area contributed by atoms with Crippen LogP contribution in [0.5, 0.6) is 0 Å². The summed E-state index contributed by atoms with van der Waals surface area (Å²) >= 11 is 0. The number of hydrogen-bond donors (Lipinski definition) is 1. The van der Waals surface area contributed by atoms with Gasteiger partial charge in [0.05, 0.1) is 6.54 Å². The second kappa shape index (κ2) is 11.4. The lowest BCUT2D eigenvalue weighted by Gasteiger charge is -2.36. The molecule has 0 saturated carbocycles. The third kappa shape index (κ3) is 7.87. The molecular weight excluding hydrogens is 483 g/mol.